The quantitative estimate of drug-likeness (QED) is 0.741. The summed E-state index contributed by atoms with van der Waals surface area (Å²) in [7, 11) is 1.71. The van der Waals surface area contributed by atoms with E-state index in [9.17, 15) is 0 Å². The minimum Gasteiger partial charge on any atom is -0.497 e. The Balaban J connectivity index is 1.66. The van der Waals surface area contributed by atoms with E-state index in [0.717, 1.165) is 30.7 Å². The van der Waals surface area contributed by atoms with E-state index < -0.39 is 0 Å². The van der Waals surface area contributed by atoms with Gasteiger partial charge in [0.15, 0.2) is 5.11 Å². The van der Waals surface area contributed by atoms with E-state index >= 15 is 0 Å². The van der Waals surface area contributed by atoms with Gasteiger partial charge in [0.2, 0.25) is 0 Å². The normalized spacial score (nSPS) is 16.2. The number of fused-ring (bicyclic) bond motifs is 1. The van der Waals surface area contributed by atoms with Crippen LogP contribution in [0.3, 0.4) is 0 Å². The summed E-state index contributed by atoms with van der Waals surface area (Å²) in [5.74, 6) is 1.46. The van der Waals surface area contributed by atoms with Crippen molar-refractivity contribution >= 4 is 23.0 Å². The third-order valence-electron chi connectivity index (χ3n) is 4.81. The monoisotopic (exact) mass is 354 g/mol. The molecular weight excluding hydrogens is 328 g/mol. The van der Waals surface area contributed by atoms with Gasteiger partial charge in [0.25, 0.3) is 0 Å². The van der Waals surface area contributed by atoms with Crippen LogP contribution in [0.4, 0.5) is 5.69 Å². The summed E-state index contributed by atoms with van der Waals surface area (Å²) in [5, 5.41) is 7.45. The second kappa shape index (κ2) is 7.87. The van der Waals surface area contributed by atoms with Crippen LogP contribution in [0, 0.1) is 0 Å². The fourth-order valence-electron chi connectivity index (χ4n) is 3.34. The van der Waals surface area contributed by atoms with Crippen molar-refractivity contribution in [2.75, 3.05) is 12.4 Å². The summed E-state index contributed by atoms with van der Waals surface area (Å²) in [6.07, 6.45) is 3.35. The van der Waals surface area contributed by atoms with E-state index in [-0.39, 0.29) is 6.04 Å². The third-order valence-corrected chi connectivity index (χ3v) is 5.02. The minimum atomic E-state index is 0.254. The van der Waals surface area contributed by atoms with Gasteiger partial charge in [-0.1, -0.05) is 32.0 Å². The molecule has 2 aromatic carbocycles. The average Bonchev–Trinajstić information content (AvgIpc) is 2.62. The zero-order valence-electron chi connectivity index (χ0n) is 15.1. The van der Waals surface area contributed by atoms with Crippen molar-refractivity contribution in [1.82, 2.24) is 5.32 Å². The number of hydrogen-bond donors (Lipinski definition) is 2. The Morgan fingerprint density at radius 2 is 1.92 bits per heavy atom. The zero-order valence-corrected chi connectivity index (χ0v) is 16.0. The maximum atomic E-state index is 5.53. The number of ether oxygens (including phenoxy) is 1. The molecule has 25 heavy (non-hydrogen) atoms. The maximum Gasteiger partial charge on any atom is 0.171 e. The first kappa shape index (κ1) is 17.7. The van der Waals surface area contributed by atoms with Crippen LogP contribution in [0.2, 0.25) is 0 Å². The lowest BCUT2D eigenvalue weighted by Gasteiger charge is -2.28. The minimum absolute atomic E-state index is 0.254. The molecule has 0 saturated heterocycles. The molecule has 3 rings (SSSR count). The maximum absolute atomic E-state index is 5.53. The number of aryl methyl sites for hydroxylation is 1. The van der Waals surface area contributed by atoms with Crippen molar-refractivity contribution in [3.05, 3.63) is 59.2 Å². The molecule has 2 N–H and O–H groups in total. The summed E-state index contributed by atoms with van der Waals surface area (Å²) in [5.41, 5.74) is 5.03. The van der Waals surface area contributed by atoms with Crippen molar-refractivity contribution < 1.29 is 4.74 Å². The first-order valence-corrected chi connectivity index (χ1v) is 9.32. The fraction of sp³-hybridized carbons (Fsp3) is 0.381. The van der Waals surface area contributed by atoms with Gasteiger partial charge in [0.05, 0.1) is 13.2 Å². The predicted molar refractivity (Wildman–Crippen MR) is 109 cm³/mol. The van der Waals surface area contributed by atoms with Gasteiger partial charge >= 0.3 is 0 Å². The largest absolute Gasteiger partial charge is 0.497 e. The Hall–Kier alpha value is -2.07. The zero-order chi connectivity index (χ0) is 17.8. The number of methoxy groups -OCH3 is 1. The van der Waals surface area contributed by atoms with E-state index in [4.69, 9.17) is 17.0 Å². The number of benzene rings is 2. The molecule has 0 fully saturated rings. The Labute approximate surface area is 155 Å². The molecule has 1 aliphatic carbocycles. The van der Waals surface area contributed by atoms with Gasteiger partial charge in [-0.15, -0.1) is 0 Å². The molecule has 0 saturated carbocycles. The predicted octanol–water partition coefficient (Wildman–Crippen LogP) is 5.18. The van der Waals surface area contributed by atoms with Crippen LogP contribution in [0.15, 0.2) is 42.5 Å². The van der Waals surface area contributed by atoms with E-state index in [1.807, 2.05) is 6.07 Å². The van der Waals surface area contributed by atoms with Crippen LogP contribution in [0.5, 0.6) is 5.75 Å². The van der Waals surface area contributed by atoms with E-state index in [1.165, 1.54) is 16.7 Å². The lowest BCUT2D eigenvalue weighted by Crippen LogP contribution is -2.34. The SMILES string of the molecule is COc1ccc2c(c1)CCCC2NC(=S)Nc1ccc(C(C)C)cc1. The highest BCUT2D eigenvalue weighted by atomic mass is 32.1. The Bertz CT molecular complexity index is 740. The van der Waals surface area contributed by atoms with E-state index in [1.54, 1.807) is 7.11 Å². The number of anilines is 1. The second-order valence-corrected chi connectivity index (χ2v) is 7.29. The van der Waals surface area contributed by atoms with Gasteiger partial charge in [0.1, 0.15) is 5.75 Å². The van der Waals surface area contributed by atoms with Crippen LogP contribution in [0.25, 0.3) is 0 Å². The molecule has 1 atom stereocenters. The molecule has 0 aromatic heterocycles. The van der Waals surface area contributed by atoms with Crippen molar-refractivity contribution in [3.8, 4) is 5.75 Å². The van der Waals surface area contributed by atoms with Crippen molar-refractivity contribution in [3.63, 3.8) is 0 Å². The summed E-state index contributed by atoms with van der Waals surface area (Å²) < 4.78 is 5.34. The highest BCUT2D eigenvalue weighted by Crippen LogP contribution is 2.32. The molecule has 1 aliphatic rings. The van der Waals surface area contributed by atoms with Gasteiger partial charge in [-0.2, -0.15) is 0 Å². The summed E-state index contributed by atoms with van der Waals surface area (Å²) >= 11 is 5.53. The molecular formula is C21H26N2OS. The Kier molecular flexibility index (Phi) is 5.59. The fourth-order valence-corrected chi connectivity index (χ4v) is 3.60. The lowest BCUT2D eigenvalue weighted by atomic mass is 9.87. The van der Waals surface area contributed by atoms with Gasteiger partial charge in [-0.25, -0.2) is 0 Å². The smallest absolute Gasteiger partial charge is 0.171 e. The van der Waals surface area contributed by atoms with Crippen LogP contribution >= 0.6 is 12.2 Å². The molecule has 3 nitrogen and oxygen atoms in total. The van der Waals surface area contributed by atoms with Crippen molar-refractivity contribution in [2.24, 2.45) is 0 Å². The third kappa shape index (κ3) is 4.31. The van der Waals surface area contributed by atoms with Gasteiger partial charge in [-0.3, -0.25) is 0 Å². The molecule has 0 bridgehead atoms. The van der Waals surface area contributed by atoms with Gasteiger partial charge in [-0.05, 0) is 78.4 Å². The first-order valence-electron chi connectivity index (χ1n) is 8.91. The average molecular weight is 355 g/mol. The lowest BCUT2D eigenvalue weighted by molar-refractivity contribution is 0.412. The molecule has 4 heteroatoms. The Morgan fingerprint density at radius 3 is 2.60 bits per heavy atom. The molecule has 132 valence electrons. The molecule has 0 heterocycles. The molecule has 1 unspecified atom stereocenters. The van der Waals surface area contributed by atoms with Gasteiger partial charge < -0.3 is 15.4 Å². The molecule has 0 aliphatic heterocycles. The summed E-state index contributed by atoms with van der Waals surface area (Å²) in [4.78, 5) is 0. The van der Waals surface area contributed by atoms with Crippen LogP contribution < -0.4 is 15.4 Å². The Morgan fingerprint density at radius 1 is 1.16 bits per heavy atom. The van der Waals surface area contributed by atoms with Crippen molar-refractivity contribution in [2.45, 2.75) is 45.1 Å². The van der Waals surface area contributed by atoms with Crippen LogP contribution in [-0.4, -0.2) is 12.2 Å². The topological polar surface area (TPSA) is 33.3 Å². The van der Waals surface area contributed by atoms with Crippen LogP contribution in [-0.2, 0) is 6.42 Å². The number of hydrogen-bond acceptors (Lipinski definition) is 2. The van der Waals surface area contributed by atoms with E-state index in [0.29, 0.717) is 11.0 Å². The highest BCUT2D eigenvalue weighted by molar-refractivity contribution is 7.80. The number of rotatable bonds is 4. The van der Waals surface area contributed by atoms with Crippen LogP contribution in [0.1, 0.15) is 55.3 Å². The number of thiocarbonyl (C=S) groups is 1. The van der Waals surface area contributed by atoms with E-state index in [2.05, 4.69) is 60.9 Å². The molecule has 0 amide bonds. The van der Waals surface area contributed by atoms with Crippen molar-refractivity contribution in [1.29, 1.82) is 0 Å². The second-order valence-electron chi connectivity index (χ2n) is 6.88. The van der Waals surface area contributed by atoms with Gasteiger partial charge in [0, 0.05) is 5.69 Å². The standard InChI is InChI=1S/C21H26N2OS/c1-14(2)15-7-9-17(10-8-15)22-21(25)23-20-6-4-5-16-13-18(24-3)11-12-19(16)20/h7-14,20H,4-6H2,1-3H3,(H2,22,23,25). The highest BCUT2D eigenvalue weighted by Gasteiger charge is 2.21. The molecule has 2 aromatic rings. The molecule has 0 radical (unpaired) electrons. The summed E-state index contributed by atoms with van der Waals surface area (Å²) in [6, 6.07) is 15.1. The first-order chi connectivity index (χ1) is 12.1. The molecule has 0 spiro atoms. The number of nitrogens with one attached hydrogen (secondary N) is 2. The summed E-state index contributed by atoms with van der Waals surface area (Å²) in [6.45, 7) is 4.40.